The summed E-state index contributed by atoms with van der Waals surface area (Å²) in [7, 11) is -3.34. The summed E-state index contributed by atoms with van der Waals surface area (Å²) >= 11 is 1.75. The predicted molar refractivity (Wildman–Crippen MR) is 88.3 cm³/mol. The Hall–Kier alpha value is -0.470. The molecule has 1 aromatic heterocycles. The Morgan fingerprint density at radius 3 is 2.77 bits per heavy atom. The number of ether oxygens (including phenoxy) is 1. The average molecular weight is 345 g/mol. The van der Waals surface area contributed by atoms with Crippen molar-refractivity contribution >= 4 is 21.5 Å². The molecule has 7 heteroatoms. The third-order valence-corrected chi connectivity index (χ3v) is 7.50. The molecule has 1 atom stereocenters. The van der Waals surface area contributed by atoms with Crippen LogP contribution in [0.4, 0.5) is 0 Å². The minimum Gasteiger partial charge on any atom is -0.379 e. The normalized spacial score (nSPS) is 25.4. The number of aryl methyl sites for hydroxylation is 1. The van der Waals surface area contributed by atoms with Gasteiger partial charge in [-0.3, -0.25) is 0 Å². The quantitative estimate of drug-likeness (QED) is 0.822. The zero-order valence-corrected chi connectivity index (χ0v) is 14.4. The van der Waals surface area contributed by atoms with Crippen LogP contribution in [0, 0.1) is 0 Å². The molecule has 0 unspecified atom stereocenters. The lowest BCUT2D eigenvalue weighted by Gasteiger charge is -2.39. The Morgan fingerprint density at radius 2 is 2.05 bits per heavy atom. The summed E-state index contributed by atoms with van der Waals surface area (Å²) < 4.78 is 34.5. The summed E-state index contributed by atoms with van der Waals surface area (Å²) in [6, 6.07) is 4.33. The van der Waals surface area contributed by atoms with Gasteiger partial charge in [0.25, 0.3) is 10.2 Å². The minimum atomic E-state index is -3.34. The molecule has 124 valence electrons. The molecule has 0 radical (unpaired) electrons. The summed E-state index contributed by atoms with van der Waals surface area (Å²) in [6.07, 6.45) is 4.97. The summed E-state index contributed by atoms with van der Waals surface area (Å²) in [5.74, 6) is 0. The van der Waals surface area contributed by atoms with Crippen molar-refractivity contribution in [1.29, 1.82) is 0 Å². The van der Waals surface area contributed by atoms with Crippen LogP contribution in [0.5, 0.6) is 0 Å². The van der Waals surface area contributed by atoms with Crippen LogP contribution < -0.4 is 0 Å². The molecule has 0 bridgehead atoms. The van der Waals surface area contributed by atoms with E-state index in [2.05, 4.69) is 17.5 Å². The average Bonchev–Trinajstić information content (AvgIpc) is 3.07. The SMILES string of the molecule is O=S(=O)(N1CCOCC1)N1CCCC[C@@H]1CCc1cccs1. The monoisotopic (exact) mass is 344 g/mol. The molecule has 5 nitrogen and oxygen atoms in total. The number of nitrogens with zero attached hydrogens (tertiary/aromatic N) is 2. The first-order valence-corrected chi connectivity index (χ1v) is 10.3. The Labute approximate surface area is 137 Å². The first-order valence-electron chi connectivity index (χ1n) is 8.05. The van der Waals surface area contributed by atoms with E-state index in [4.69, 9.17) is 4.74 Å². The van der Waals surface area contributed by atoms with Crippen LogP contribution in [0.15, 0.2) is 17.5 Å². The highest BCUT2D eigenvalue weighted by Gasteiger charge is 2.36. The molecule has 2 saturated heterocycles. The van der Waals surface area contributed by atoms with Crippen LogP contribution >= 0.6 is 11.3 Å². The molecule has 0 aromatic carbocycles. The van der Waals surface area contributed by atoms with E-state index in [9.17, 15) is 8.42 Å². The summed E-state index contributed by atoms with van der Waals surface area (Å²) in [5, 5.41) is 2.08. The third kappa shape index (κ3) is 3.71. The molecular weight excluding hydrogens is 320 g/mol. The second-order valence-corrected chi connectivity index (χ2v) is 8.81. The molecule has 0 N–H and O–H groups in total. The lowest BCUT2D eigenvalue weighted by atomic mass is 10.0. The van der Waals surface area contributed by atoms with E-state index in [1.165, 1.54) is 4.88 Å². The lowest BCUT2D eigenvalue weighted by molar-refractivity contribution is 0.0680. The molecule has 1 aromatic rings. The number of thiophene rings is 1. The first kappa shape index (κ1) is 16.4. The summed E-state index contributed by atoms with van der Waals surface area (Å²) in [4.78, 5) is 1.34. The van der Waals surface area contributed by atoms with Gasteiger partial charge in [0.05, 0.1) is 13.2 Å². The lowest BCUT2D eigenvalue weighted by Crippen LogP contribution is -2.53. The second kappa shape index (κ2) is 7.40. The molecule has 0 amide bonds. The largest absolute Gasteiger partial charge is 0.379 e. The number of hydrogen-bond acceptors (Lipinski definition) is 4. The zero-order valence-electron chi connectivity index (χ0n) is 12.8. The fraction of sp³-hybridized carbons (Fsp3) is 0.733. The Kier molecular flexibility index (Phi) is 5.51. The van der Waals surface area contributed by atoms with E-state index in [0.29, 0.717) is 32.8 Å². The molecule has 2 aliphatic heterocycles. The maximum atomic E-state index is 12.9. The third-order valence-electron chi connectivity index (χ3n) is 4.47. The van der Waals surface area contributed by atoms with Crippen molar-refractivity contribution in [3.8, 4) is 0 Å². The minimum absolute atomic E-state index is 0.142. The first-order chi connectivity index (χ1) is 10.7. The highest BCUT2D eigenvalue weighted by atomic mass is 32.2. The van der Waals surface area contributed by atoms with Crippen molar-refractivity contribution in [3.05, 3.63) is 22.4 Å². The highest BCUT2D eigenvalue weighted by molar-refractivity contribution is 7.86. The van der Waals surface area contributed by atoms with Gasteiger partial charge in [0, 0.05) is 30.6 Å². The van der Waals surface area contributed by atoms with Crippen LogP contribution in [0.2, 0.25) is 0 Å². The summed E-state index contributed by atoms with van der Waals surface area (Å²) in [6.45, 7) is 2.64. The van der Waals surface area contributed by atoms with Gasteiger partial charge < -0.3 is 4.74 Å². The van der Waals surface area contributed by atoms with Crippen LogP contribution in [0.1, 0.15) is 30.6 Å². The number of morpholine rings is 1. The van der Waals surface area contributed by atoms with Gasteiger partial charge in [0.1, 0.15) is 0 Å². The van der Waals surface area contributed by atoms with Crippen molar-refractivity contribution in [2.45, 2.75) is 38.1 Å². The van der Waals surface area contributed by atoms with E-state index < -0.39 is 10.2 Å². The zero-order chi connectivity index (χ0) is 15.4. The highest BCUT2D eigenvalue weighted by Crippen LogP contribution is 2.27. The van der Waals surface area contributed by atoms with Gasteiger partial charge >= 0.3 is 0 Å². The van der Waals surface area contributed by atoms with Crippen molar-refractivity contribution in [3.63, 3.8) is 0 Å². The van der Waals surface area contributed by atoms with Gasteiger partial charge in [-0.25, -0.2) is 0 Å². The van der Waals surface area contributed by atoms with E-state index in [-0.39, 0.29) is 6.04 Å². The van der Waals surface area contributed by atoms with Crippen molar-refractivity contribution in [1.82, 2.24) is 8.61 Å². The van der Waals surface area contributed by atoms with Gasteiger partial charge in [0.15, 0.2) is 0 Å². The van der Waals surface area contributed by atoms with Crippen LogP contribution in [-0.2, 0) is 21.4 Å². The standard InChI is InChI=1S/C15H24N2O3S2/c18-22(19,16-9-11-20-12-10-16)17-8-2-1-4-14(17)6-7-15-5-3-13-21-15/h3,5,13-14H,1-2,4,6-12H2/t14-/m1/s1. The number of rotatable bonds is 5. The molecule has 0 spiro atoms. The Morgan fingerprint density at radius 1 is 1.23 bits per heavy atom. The fourth-order valence-electron chi connectivity index (χ4n) is 3.26. The summed E-state index contributed by atoms with van der Waals surface area (Å²) in [5.41, 5.74) is 0. The second-order valence-electron chi connectivity index (χ2n) is 5.90. The topological polar surface area (TPSA) is 49.9 Å². The molecule has 2 aliphatic rings. The molecular formula is C15H24N2O3S2. The van der Waals surface area contributed by atoms with Gasteiger partial charge in [0.2, 0.25) is 0 Å². The Balaban J connectivity index is 1.68. The molecule has 0 saturated carbocycles. The van der Waals surface area contributed by atoms with E-state index in [1.54, 1.807) is 19.9 Å². The molecule has 3 heterocycles. The molecule has 0 aliphatic carbocycles. The van der Waals surface area contributed by atoms with Gasteiger partial charge in [-0.2, -0.15) is 17.0 Å². The van der Waals surface area contributed by atoms with E-state index in [1.807, 2.05) is 0 Å². The van der Waals surface area contributed by atoms with E-state index in [0.717, 1.165) is 32.1 Å². The van der Waals surface area contributed by atoms with Gasteiger partial charge in [-0.1, -0.05) is 12.5 Å². The van der Waals surface area contributed by atoms with Crippen molar-refractivity contribution in [2.24, 2.45) is 0 Å². The molecule has 2 fully saturated rings. The van der Waals surface area contributed by atoms with Crippen LogP contribution in [0.25, 0.3) is 0 Å². The number of piperidine rings is 1. The van der Waals surface area contributed by atoms with Gasteiger partial charge in [-0.05, 0) is 37.1 Å². The predicted octanol–water partition coefficient (Wildman–Crippen LogP) is 2.11. The maximum absolute atomic E-state index is 12.9. The fourth-order valence-corrected chi connectivity index (χ4v) is 5.83. The van der Waals surface area contributed by atoms with E-state index >= 15 is 0 Å². The van der Waals surface area contributed by atoms with Crippen molar-refractivity contribution in [2.75, 3.05) is 32.8 Å². The smallest absolute Gasteiger partial charge is 0.282 e. The maximum Gasteiger partial charge on any atom is 0.282 e. The Bertz CT molecular complexity index is 553. The van der Waals surface area contributed by atoms with Gasteiger partial charge in [-0.15, -0.1) is 11.3 Å². The molecule has 22 heavy (non-hydrogen) atoms. The van der Waals surface area contributed by atoms with Crippen LogP contribution in [-0.4, -0.2) is 55.9 Å². The van der Waals surface area contributed by atoms with Crippen LogP contribution in [0.3, 0.4) is 0 Å². The number of hydrogen-bond donors (Lipinski definition) is 0. The molecule has 3 rings (SSSR count). The van der Waals surface area contributed by atoms with Crippen molar-refractivity contribution < 1.29 is 13.2 Å².